The van der Waals surface area contributed by atoms with Crippen molar-refractivity contribution in [3.8, 4) is 0 Å². The van der Waals surface area contributed by atoms with E-state index in [1.54, 1.807) is 31.2 Å². The van der Waals surface area contributed by atoms with Crippen molar-refractivity contribution in [3.63, 3.8) is 0 Å². The van der Waals surface area contributed by atoms with Gasteiger partial charge in [-0.1, -0.05) is 36.4 Å². The summed E-state index contributed by atoms with van der Waals surface area (Å²) in [5, 5.41) is 0. The number of hydrogen-bond donors (Lipinski definition) is 0. The Morgan fingerprint density at radius 2 is 1.83 bits per heavy atom. The molecule has 2 aromatic rings. The molecule has 0 aliphatic rings. The highest BCUT2D eigenvalue weighted by Crippen LogP contribution is 2.20. The van der Waals surface area contributed by atoms with E-state index in [-0.39, 0.29) is 5.78 Å². The number of ketones is 1. The minimum atomic E-state index is -0.422. The molecule has 24 heavy (non-hydrogen) atoms. The third-order valence-electron chi connectivity index (χ3n) is 3.52. The Morgan fingerprint density at radius 1 is 1.08 bits per heavy atom. The molecule has 0 aliphatic carbocycles. The fourth-order valence-corrected chi connectivity index (χ4v) is 2.28. The smallest absolute Gasteiger partial charge is 0.330 e. The van der Waals surface area contributed by atoms with E-state index in [9.17, 15) is 9.59 Å². The largest absolute Gasteiger partial charge is 0.463 e. The van der Waals surface area contributed by atoms with Gasteiger partial charge in [-0.3, -0.25) is 4.79 Å². The fraction of sp³-hybridized carbons (Fsp3) is 0.200. The molecule has 0 spiro atoms. The lowest BCUT2D eigenvalue weighted by Gasteiger charge is -2.13. The summed E-state index contributed by atoms with van der Waals surface area (Å²) >= 11 is 0. The van der Waals surface area contributed by atoms with E-state index in [0.29, 0.717) is 23.3 Å². The van der Waals surface area contributed by atoms with Gasteiger partial charge in [-0.2, -0.15) is 0 Å². The van der Waals surface area contributed by atoms with Gasteiger partial charge in [-0.05, 0) is 30.7 Å². The average molecular weight is 323 g/mol. The average Bonchev–Trinajstić information content (AvgIpc) is 2.60. The Bertz CT molecular complexity index is 763. The van der Waals surface area contributed by atoms with Crippen molar-refractivity contribution >= 4 is 23.5 Å². The van der Waals surface area contributed by atoms with E-state index < -0.39 is 5.97 Å². The molecular formula is C20H21NO3. The molecule has 0 saturated carbocycles. The van der Waals surface area contributed by atoms with Gasteiger partial charge in [0, 0.05) is 37.0 Å². The maximum absolute atomic E-state index is 12.8. The van der Waals surface area contributed by atoms with Gasteiger partial charge in [-0.15, -0.1) is 0 Å². The molecule has 2 aromatic carbocycles. The van der Waals surface area contributed by atoms with Crippen LogP contribution in [0.3, 0.4) is 0 Å². The van der Waals surface area contributed by atoms with E-state index >= 15 is 0 Å². The molecule has 0 radical (unpaired) electrons. The van der Waals surface area contributed by atoms with Gasteiger partial charge in [0.05, 0.1) is 6.61 Å². The van der Waals surface area contributed by atoms with Crippen molar-refractivity contribution in [2.24, 2.45) is 0 Å². The predicted octanol–water partition coefficient (Wildman–Crippen LogP) is 3.56. The van der Waals surface area contributed by atoms with E-state index in [2.05, 4.69) is 0 Å². The van der Waals surface area contributed by atoms with Gasteiger partial charge in [0.1, 0.15) is 0 Å². The van der Waals surface area contributed by atoms with Crippen LogP contribution < -0.4 is 4.90 Å². The standard InChI is InChI=1S/C20H21NO3/c1-4-24-19(22)13-12-15-8-5-6-11-18(15)20(23)16-9-7-10-17(14-16)21(2)3/h5-14H,4H2,1-3H3/b13-12+. The molecule has 0 aromatic heterocycles. The number of ether oxygens (including phenoxy) is 1. The van der Waals surface area contributed by atoms with Crippen molar-refractivity contribution in [3.05, 3.63) is 71.3 Å². The van der Waals surface area contributed by atoms with Gasteiger partial charge in [0.25, 0.3) is 0 Å². The van der Waals surface area contributed by atoms with Crippen LogP contribution in [0.25, 0.3) is 6.08 Å². The molecule has 0 fully saturated rings. The molecule has 0 bridgehead atoms. The highest BCUT2D eigenvalue weighted by molar-refractivity contribution is 6.11. The Morgan fingerprint density at radius 3 is 2.54 bits per heavy atom. The fourth-order valence-electron chi connectivity index (χ4n) is 2.28. The van der Waals surface area contributed by atoms with E-state index in [4.69, 9.17) is 4.74 Å². The Kier molecular flexibility index (Phi) is 5.90. The third kappa shape index (κ3) is 4.32. The first kappa shape index (κ1) is 17.5. The summed E-state index contributed by atoms with van der Waals surface area (Å²) in [6.07, 6.45) is 2.95. The molecule has 4 nitrogen and oxygen atoms in total. The van der Waals surface area contributed by atoms with Gasteiger partial charge in [-0.25, -0.2) is 4.79 Å². The minimum Gasteiger partial charge on any atom is -0.463 e. The van der Waals surface area contributed by atoms with E-state index in [1.807, 2.05) is 49.3 Å². The number of carbonyl (C=O) groups is 2. The first-order valence-corrected chi connectivity index (χ1v) is 7.79. The van der Waals surface area contributed by atoms with Crippen molar-refractivity contribution in [1.82, 2.24) is 0 Å². The normalized spacial score (nSPS) is 10.6. The molecule has 124 valence electrons. The van der Waals surface area contributed by atoms with Gasteiger partial charge < -0.3 is 9.64 Å². The molecule has 0 unspecified atom stereocenters. The molecule has 0 amide bonds. The quantitative estimate of drug-likeness (QED) is 0.463. The molecule has 2 rings (SSSR count). The Labute approximate surface area is 142 Å². The van der Waals surface area contributed by atoms with Crippen LogP contribution >= 0.6 is 0 Å². The van der Waals surface area contributed by atoms with Gasteiger partial charge in [0.2, 0.25) is 0 Å². The molecule has 4 heteroatoms. The van der Waals surface area contributed by atoms with Gasteiger partial charge in [0.15, 0.2) is 5.78 Å². The number of hydrogen-bond acceptors (Lipinski definition) is 4. The SMILES string of the molecule is CCOC(=O)/C=C/c1ccccc1C(=O)c1cccc(N(C)C)c1. The number of anilines is 1. The summed E-state index contributed by atoms with van der Waals surface area (Å²) in [6.45, 7) is 2.07. The van der Waals surface area contributed by atoms with E-state index in [0.717, 1.165) is 5.69 Å². The number of nitrogens with zero attached hydrogens (tertiary/aromatic N) is 1. The number of esters is 1. The predicted molar refractivity (Wildman–Crippen MR) is 96.3 cm³/mol. The van der Waals surface area contributed by atoms with Crippen molar-refractivity contribution < 1.29 is 14.3 Å². The molecule has 0 atom stereocenters. The summed E-state index contributed by atoms with van der Waals surface area (Å²) in [5.74, 6) is -0.503. The number of carbonyl (C=O) groups excluding carboxylic acids is 2. The molecule has 0 N–H and O–H groups in total. The zero-order valence-electron chi connectivity index (χ0n) is 14.2. The summed E-state index contributed by atoms with van der Waals surface area (Å²) in [4.78, 5) is 26.3. The maximum atomic E-state index is 12.8. The van der Waals surface area contributed by atoms with Gasteiger partial charge >= 0.3 is 5.97 Å². The topological polar surface area (TPSA) is 46.6 Å². The monoisotopic (exact) mass is 323 g/mol. The summed E-state index contributed by atoms with van der Waals surface area (Å²) < 4.78 is 4.87. The minimum absolute atomic E-state index is 0.0807. The summed E-state index contributed by atoms with van der Waals surface area (Å²) in [5.41, 5.74) is 2.80. The summed E-state index contributed by atoms with van der Waals surface area (Å²) in [7, 11) is 3.86. The lowest BCUT2D eigenvalue weighted by Crippen LogP contribution is -2.10. The highest BCUT2D eigenvalue weighted by Gasteiger charge is 2.13. The second-order valence-electron chi connectivity index (χ2n) is 5.45. The first-order chi connectivity index (χ1) is 11.5. The van der Waals surface area contributed by atoms with Crippen molar-refractivity contribution in [2.45, 2.75) is 6.92 Å². The summed E-state index contributed by atoms with van der Waals surface area (Å²) in [6, 6.07) is 14.7. The third-order valence-corrected chi connectivity index (χ3v) is 3.52. The van der Waals surface area contributed by atoms with Crippen LogP contribution in [0.2, 0.25) is 0 Å². The number of benzene rings is 2. The second-order valence-corrected chi connectivity index (χ2v) is 5.45. The van der Waals surface area contributed by atoms with Crippen LogP contribution in [0, 0.1) is 0 Å². The zero-order chi connectivity index (χ0) is 17.5. The lowest BCUT2D eigenvalue weighted by atomic mass is 9.97. The zero-order valence-corrected chi connectivity index (χ0v) is 14.2. The Balaban J connectivity index is 2.33. The van der Waals surface area contributed by atoms with Crippen LogP contribution in [-0.2, 0) is 9.53 Å². The van der Waals surface area contributed by atoms with Crippen LogP contribution in [0.4, 0.5) is 5.69 Å². The Hall–Kier alpha value is -2.88. The maximum Gasteiger partial charge on any atom is 0.330 e. The first-order valence-electron chi connectivity index (χ1n) is 7.79. The lowest BCUT2D eigenvalue weighted by molar-refractivity contribution is -0.137. The van der Waals surface area contributed by atoms with Crippen LogP contribution in [-0.4, -0.2) is 32.5 Å². The van der Waals surface area contributed by atoms with Crippen LogP contribution in [0.15, 0.2) is 54.6 Å². The van der Waals surface area contributed by atoms with Crippen LogP contribution in [0.5, 0.6) is 0 Å². The van der Waals surface area contributed by atoms with E-state index in [1.165, 1.54) is 6.08 Å². The van der Waals surface area contributed by atoms with Crippen molar-refractivity contribution in [1.29, 1.82) is 0 Å². The number of rotatable bonds is 6. The second kappa shape index (κ2) is 8.11. The molecular weight excluding hydrogens is 302 g/mol. The van der Waals surface area contributed by atoms with Crippen molar-refractivity contribution in [2.75, 3.05) is 25.6 Å². The molecule has 0 heterocycles. The molecule has 0 aliphatic heterocycles. The van der Waals surface area contributed by atoms with Crippen LogP contribution in [0.1, 0.15) is 28.4 Å². The highest BCUT2D eigenvalue weighted by atomic mass is 16.5. The molecule has 0 saturated heterocycles.